The first-order valence-corrected chi connectivity index (χ1v) is 5.33. The molecule has 0 heterocycles. The van der Waals surface area contributed by atoms with E-state index in [2.05, 4.69) is 6.07 Å². The Bertz CT molecular complexity index is 322. The molecular weight excluding hydrogens is 174 g/mol. The van der Waals surface area contributed by atoms with Gasteiger partial charge < -0.3 is 10.8 Å². The van der Waals surface area contributed by atoms with Crippen LogP contribution in [0.1, 0.15) is 36.3 Å². The SMILES string of the molecule is NCCC1CCCc2cccc(O)c21. The zero-order valence-electron chi connectivity index (χ0n) is 8.37. The lowest BCUT2D eigenvalue weighted by Gasteiger charge is -2.25. The lowest BCUT2D eigenvalue weighted by molar-refractivity contribution is 0.439. The van der Waals surface area contributed by atoms with Gasteiger partial charge in [-0.25, -0.2) is 0 Å². The van der Waals surface area contributed by atoms with Crippen molar-refractivity contribution in [3.8, 4) is 5.75 Å². The van der Waals surface area contributed by atoms with E-state index in [1.807, 2.05) is 6.07 Å². The van der Waals surface area contributed by atoms with Crippen molar-refractivity contribution in [1.82, 2.24) is 0 Å². The van der Waals surface area contributed by atoms with E-state index in [4.69, 9.17) is 5.73 Å². The molecule has 14 heavy (non-hydrogen) atoms. The minimum absolute atomic E-state index is 0.459. The lowest BCUT2D eigenvalue weighted by atomic mass is 9.80. The number of nitrogens with two attached hydrogens (primary N) is 1. The molecule has 0 spiro atoms. The molecule has 0 aromatic heterocycles. The van der Waals surface area contributed by atoms with E-state index < -0.39 is 0 Å². The normalized spacial score (nSPS) is 20.5. The Balaban J connectivity index is 2.36. The molecule has 1 aliphatic carbocycles. The highest BCUT2D eigenvalue weighted by Crippen LogP contribution is 2.38. The zero-order valence-corrected chi connectivity index (χ0v) is 8.37. The first-order valence-electron chi connectivity index (χ1n) is 5.33. The maximum Gasteiger partial charge on any atom is 0.119 e. The molecule has 76 valence electrons. The summed E-state index contributed by atoms with van der Waals surface area (Å²) in [6, 6.07) is 5.84. The van der Waals surface area contributed by atoms with Gasteiger partial charge in [0.15, 0.2) is 0 Å². The number of aromatic hydroxyl groups is 1. The third kappa shape index (κ3) is 1.62. The van der Waals surface area contributed by atoms with E-state index in [0.717, 1.165) is 18.4 Å². The Hall–Kier alpha value is -1.02. The summed E-state index contributed by atoms with van der Waals surface area (Å²) < 4.78 is 0. The van der Waals surface area contributed by atoms with Crippen LogP contribution >= 0.6 is 0 Å². The number of aryl methyl sites for hydroxylation is 1. The molecule has 2 nitrogen and oxygen atoms in total. The zero-order chi connectivity index (χ0) is 9.97. The van der Waals surface area contributed by atoms with Gasteiger partial charge in [-0.1, -0.05) is 12.1 Å². The highest BCUT2D eigenvalue weighted by molar-refractivity contribution is 5.43. The van der Waals surface area contributed by atoms with Crippen molar-refractivity contribution in [2.24, 2.45) is 5.73 Å². The summed E-state index contributed by atoms with van der Waals surface area (Å²) in [6.07, 6.45) is 4.48. The second-order valence-corrected chi connectivity index (χ2v) is 4.02. The molecular formula is C12H17NO. The number of fused-ring (bicyclic) bond motifs is 1. The van der Waals surface area contributed by atoms with Crippen LogP contribution in [0.25, 0.3) is 0 Å². The summed E-state index contributed by atoms with van der Waals surface area (Å²) in [5, 5.41) is 9.81. The lowest BCUT2D eigenvalue weighted by Crippen LogP contribution is -2.13. The average Bonchev–Trinajstić information content (AvgIpc) is 2.19. The van der Waals surface area contributed by atoms with Gasteiger partial charge in [-0.3, -0.25) is 0 Å². The van der Waals surface area contributed by atoms with E-state index in [1.165, 1.54) is 18.4 Å². The Morgan fingerprint density at radius 3 is 3.07 bits per heavy atom. The number of hydrogen-bond donors (Lipinski definition) is 2. The molecule has 1 aromatic rings. The fraction of sp³-hybridized carbons (Fsp3) is 0.500. The van der Waals surface area contributed by atoms with Crippen molar-refractivity contribution in [2.75, 3.05) is 6.54 Å². The van der Waals surface area contributed by atoms with Crippen LogP contribution in [0.3, 0.4) is 0 Å². The number of phenols is 1. The number of hydrogen-bond acceptors (Lipinski definition) is 2. The van der Waals surface area contributed by atoms with Gasteiger partial charge in [-0.05, 0) is 49.8 Å². The van der Waals surface area contributed by atoms with Gasteiger partial charge in [0, 0.05) is 5.56 Å². The third-order valence-electron chi connectivity index (χ3n) is 3.10. The van der Waals surface area contributed by atoms with Gasteiger partial charge in [0.25, 0.3) is 0 Å². The first-order chi connectivity index (χ1) is 6.83. The van der Waals surface area contributed by atoms with E-state index in [1.54, 1.807) is 6.07 Å². The summed E-state index contributed by atoms with van der Waals surface area (Å²) in [4.78, 5) is 0. The van der Waals surface area contributed by atoms with E-state index in [-0.39, 0.29) is 0 Å². The molecule has 2 rings (SSSR count). The second kappa shape index (κ2) is 4.01. The topological polar surface area (TPSA) is 46.2 Å². The summed E-state index contributed by atoms with van der Waals surface area (Å²) in [5.41, 5.74) is 8.06. The predicted molar refractivity (Wildman–Crippen MR) is 57.5 cm³/mol. The molecule has 0 aliphatic heterocycles. The van der Waals surface area contributed by atoms with Gasteiger partial charge in [0.2, 0.25) is 0 Å². The molecule has 0 fully saturated rings. The van der Waals surface area contributed by atoms with Crippen molar-refractivity contribution >= 4 is 0 Å². The van der Waals surface area contributed by atoms with Gasteiger partial charge in [0.05, 0.1) is 0 Å². The highest BCUT2D eigenvalue weighted by atomic mass is 16.3. The van der Waals surface area contributed by atoms with Crippen LogP contribution in [-0.4, -0.2) is 11.7 Å². The molecule has 0 amide bonds. The highest BCUT2D eigenvalue weighted by Gasteiger charge is 2.22. The molecule has 1 aromatic carbocycles. The Labute approximate surface area is 84.7 Å². The predicted octanol–water partition coefficient (Wildman–Crippen LogP) is 2.16. The summed E-state index contributed by atoms with van der Waals surface area (Å²) in [5.74, 6) is 0.936. The molecule has 0 radical (unpaired) electrons. The van der Waals surface area contributed by atoms with E-state index in [0.29, 0.717) is 18.2 Å². The largest absolute Gasteiger partial charge is 0.508 e. The molecule has 1 unspecified atom stereocenters. The van der Waals surface area contributed by atoms with Crippen molar-refractivity contribution < 1.29 is 5.11 Å². The van der Waals surface area contributed by atoms with Gasteiger partial charge in [0.1, 0.15) is 5.75 Å². The van der Waals surface area contributed by atoms with Crippen LogP contribution in [0.5, 0.6) is 5.75 Å². The Kier molecular flexibility index (Phi) is 2.73. The van der Waals surface area contributed by atoms with Crippen LogP contribution in [0.4, 0.5) is 0 Å². The Morgan fingerprint density at radius 1 is 1.43 bits per heavy atom. The fourth-order valence-electron chi connectivity index (χ4n) is 2.46. The van der Waals surface area contributed by atoms with Crippen LogP contribution in [0.15, 0.2) is 18.2 Å². The monoisotopic (exact) mass is 191 g/mol. The molecule has 0 bridgehead atoms. The number of benzene rings is 1. The summed E-state index contributed by atoms with van der Waals surface area (Å²) in [6.45, 7) is 0.707. The quantitative estimate of drug-likeness (QED) is 0.752. The van der Waals surface area contributed by atoms with Crippen LogP contribution in [0, 0.1) is 0 Å². The van der Waals surface area contributed by atoms with Crippen LogP contribution in [-0.2, 0) is 6.42 Å². The first kappa shape index (κ1) is 9.53. The van der Waals surface area contributed by atoms with Crippen molar-refractivity contribution in [3.05, 3.63) is 29.3 Å². The minimum atomic E-state index is 0.459. The average molecular weight is 191 g/mol. The van der Waals surface area contributed by atoms with Gasteiger partial charge in [-0.2, -0.15) is 0 Å². The maximum atomic E-state index is 9.81. The second-order valence-electron chi connectivity index (χ2n) is 4.02. The van der Waals surface area contributed by atoms with E-state index >= 15 is 0 Å². The van der Waals surface area contributed by atoms with Crippen LogP contribution < -0.4 is 5.73 Å². The van der Waals surface area contributed by atoms with Gasteiger partial charge in [-0.15, -0.1) is 0 Å². The van der Waals surface area contributed by atoms with Crippen molar-refractivity contribution in [1.29, 1.82) is 0 Å². The fourth-order valence-corrected chi connectivity index (χ4v) is 2.46. The van der Waals surface area contributed by atoms with Crippen molar-refractivity contribution in [2.45, 2.75) is 31.6 Å². The van der Waals surface area contributed by atoms with Crippen molar-refractivity contribution in [3.63, 3.8) is 0 Å². The summed E-state index contributed by atoms with van der Waals surface area (Å²) >= 11 is 0. The Morgan fingerprint density at radius 2 is 2.29 bits per heavy atom. The molecule has 2 heteroatoms. The van der Waals surface area contributed by atoms with E-state index in [9.17, 15) is 5.11 Å². The van der Waals surface area contributed by atoms with Gasteiger partial charge >= 0.3 is 0 Å². The molecule has 3 N–H and O–H groups in total. The number of phenolic OH excluding ortho intramolecular Hbond substituents is 1. The standard InChI is InChI=1S/C12H17NO/c13-8-7-10-4-1-3-9-5-2-6-11(14)12(9)10/h2,5-6,10,14H,1,3-4,7-8,13H2. The maximum absolute atomic E-state index is 9.81. The minimum Gasteiger partial charge on any atom is -0.508 e. The molecule has 0 saturated heterocycles. The molecule has 1 aliphatic rings. The van der Waals surface area contributed by atoms with Crippen LogP contribution in [0.2, 0.25) is 0 Å². The summed E-state index contributed by atoms with van der Waals surface area (Å²) in [7, 11) is 0. The molecule has 1 atom stereocenters. The molecule has 0 saturated carbocycles. The number of rotatable bonds is 2. The third-order valence-corrected chi connectivity index (χ3v) is 3.10. The smallest absolute Gasteiger partial charge is 0.119 e.